The third kappa shape index (κ3) is 2.85. The Bertz CT molecular complexity index is 278. The fourth-order valence-corrected chi connectivity index (χ4v) is 1.57. The van der Waals surface area contributed by atoms with Gasteiger partial charge in [-0.3, -0.25) is 0 Å². The van der Waals surface area contributed by atoms with Gasteiger partial charge in [-0.2, -0.15) is 0 Å². The van der Waals surface area contributed by atoms with Gasteiger partial charge in [0.2, 0.25) is 0 Å². The highest BCUT2D eigenvalue weighted by molar-refractivity contribution is 5.27. The van der Waals surface area contributed by atoms with Gasteiger partial charge in [0.1, 0.15) is 0 Å². The predicted octanol–water partition coefficient (Wildman–Crippen LogP) is 3.64. The quantitative estimate of drug-likeness (QED) is 0.772. The molecule has 0 aliphatic heterocycles. The molecule has 0 heterocycles. The van der Waals surface area contributed by atoms with Crippen LogP contribution < -0.4 is 0 Å². The summed E-state index contributed by atoms with van der Waals surface area (Å²) in [5.74, 6) is 0.531. The number of hydrogen-bond donors (Lipinski definition) is 1. The molecular formula is C13H20O. The maximum Gasteiger partial charge on any atom is 0.0790 e. The zero-order valence-electron chi connectivity index (χ0n) is 9.33. The molecule has 1 atom stereocenters. The first-order chi connectivity index (χ1) is 6.65. The van der Waals surface area contributed by atoms with Crippen LogP contribution in [0, 0.1) is 0 Å². The Morgan fingerprint density at radius 1 is 1.21 bits per heavy atom. The topological polar surface area (TPSA) is 20.2 Å². The molecule has 14 heavy (non-hydrogen) atoms. The summed E-state index contributed by atoms with van der Waals surface area (Å²) >= 11 is 0. The first kappa shape index (κ1) is 11.3. The highest BCUT2D eigenvalue weighted by Gasteiger charge is 2.07. The fraction of sp³-hybridized carbons (Fsp3) is 0.538. The van der Waals surface area contributed by atoms with Crippen molar-refractivity contribution in [3.05, 3.63) is 35.4 Å². The maximum absolute atomic E-state index is 9.83. The molecule has 0 aliphatic carbocycles. The highest BCUT2D eigenvalue weighted by Crippen LogP contribution is 2.22. The molecule has 0 aliphatic rings. The summed E-state index contributed by atoms with van der Waals surface area (Å²) in [6, 6.07) is 8.27. The second-order valence-electron chi connectivity index (χ2n) is 4.13. The Labute approximate surface area is 86.8 Å². The van der Waals surface area contributed by atoms with Crippen LogP contribution in [0.4, 0.5) is 0 Å². The first-order valence-electron chi connectivity index (χ1n) is 5.43. The maximum atomic E-state index is 9.83. The van der Waals surface area contributed by atoms with E-state index in [-0.39, 0.29) is 6.10 Å². The smallest absolute Gasteiger partial charge is 0.0790 e. The Morgan fingerprint density at radius 2 is 1.86 bits per heavy atom. The van der Waals surface area contributed by atoms with Gasteiger partial charge in [-0.1, -0.05) is 51.5 Å². The molecular weight excluding hydrogens is 172 g/mol. The van der Waals surface area contributed by atoms with Crippen molar-refractivity contribution in [1.82, 2.24) is 0 Å². The minimum atomic E-state index is -0.293. The molecule has 0 aromatic heterocycles. The molecule has 1 N–H and O–H groups in total. The molecule has 0 spiro atoms. The van der Waals surface area contributed by atoms with Crippen molar-refractivity contribution in [2.45, 2.75) is 45.6 Å². The van der Waals surface area contributed by atoms with Crippen LogP contribution in [0.3, 0.4) is 0 Å². The molecule has 0 saturated carbocycles. The lowest BCUT2D eigenvalue weighted by Gasteiger charge is -2.12. The summed E-state index contributed by atoms with van der Waals surface area (Å²) in [6.07, 6.45) is 1.58. The molecule has 1 nitrogen and oxygen atoms in total. The summed E-state index contributed by atoms with van der Waals surface area (Å²) in [5, 5.41) is 9.83. The van der Waals surface area contributed by atoms with E-state index in [1.807, 2.05) is 12.1 Å². The number of benzene rings is 1. The van der Waals surface area contributed by atoms with Crippen LogP contribution in [-0.4, -0.2) is 5.11 Å². The van der Waals surface area contributed by atoms with Gasteiger partial charge in [-0.25, -0.2) is 0 Å². The van der Waals surface area contributed by atoms with Crippen molar-refractivity contribution in [3.8, 4) is 0 Å². The molecule has 0 fully saturated rings. The van der Waals surface area contributed by atoms with E-state index in [9.17, 15) is 5.11 Å². The molecule has 0 unspecified atom stereocenters. The van der Waals surface area contributed by atoms with Gasteiger partial charge in [-0.05, 0) is 23.5 Å². The van der Waals surface area contributed by atoms with Crippen molar-refractivity contribution < 1.29 is 5.11 Å². The van der Waals surface area contributed by atoms with Crippen molar-refractivity contribution >= 4 is 0 Å². The van der Waals surface area contributed by atoms with Crippen LogP contribution in [-0.2, 0) is 0 Å². The average Bonchev–Trinajstić information content (AvgIpc) is 2.18. The zero-order chi connectivity index (χ0) is 10.6. The van der Waals surface area contributed by atoms with Crippen LogP contribution in [0.25, 0.3) is 0 Å². The molecule has 0 saturated heterocycles. The second-order valence-corrected chi connectivity index (χ2v) is 4.13. The van der Waals surface area contributed by atoms with Crippen molar-refractivity contribution in [2.75, 3.05) is 0 Å². The summed E-state index contributed by atoms with van der Waals surface area (Å²) in [6.45, 7) is 6.44. The number of hydrogen-bond acceptors (Lipinski definition) is 1. The van der Waals surface area contributed by atoms with Crippen molar-refractivity contribution in [3.63, 3.8) is 0 Å². The number of rotatable bonds is 4. The van der Waals surface area contributed by atoms with Crippen molar-refractivity contribution in [2.24, 2.45) is 0 Å². The third-order valence-corrected chi connectivity index (χ3v) is 2.52. The summed E-state index contributed by atoms with van der Waals surface area (Å²) in [5.41, 5.74) is 2.36. The normalized spacial score (nSPS) is 13.2. The van der Waals surface area contributed by atoms with Gasteiger partial charge >= 0.3 is 0 Å². The number of aliphatic hydroxyl groups is 1. The molecule has 0 bridgehead atoms. The van der Waals surface area contributed by atoms with Crippen LogP contribution in [0.5, 0.6) is 0 Å². The van der Waals surface area contributed by atoms with E-state index in [2.05, 4.69) is 32.9 Å². The van der Waals surface area contributed by atoms with E-state index >= 15 is 0 Å². The molecule has 0 amide bonds. The SMILES string of the molecule is CCC[C@@H](O)c1cccc(C(C)C)c1. The first-order valence-corrected chi connectivity index (χ1v) is 5.43. The largest absolute Gasteiger partial charge is 0.388 e. The van der Waals surface area contributed by atoms with Crippen molar-refractivity contribution in [1.29, 1.82) is 0 Å². The van der Waals surface area contributed by atoms with Crippen LogP contribution >= 0.6 is 0 Å². The second kappa shape index (κ2) is 5.16. The Hall–Kier alpha value is -0.820. The summed E-state index contributed by atoms with van der Waals surface area (Å²) < 4.78 is 0. The Balaban J connectivity index is 2.82. The van der Waals surface area contributed by atoms with E-state index in [4.69, 9.17) is 0 Å². The molecule has 1 aromatic rings. The van der Waals surface area contributed by atoms with Gasteiger partial charge in [-0.15, -0.1) is 0 Å². The van der Waals surface area contributed by atoms with Gasteiger partial charge in [0.15, 0.2) is 0 Å². The minimum Gasteiger partial charge on any atom is -0.388 e. The van der Waals surface area contributed by atoms with E-state index in [0.29, 0.717) is 5.92 Å². The average molecular weight is 192 g/mol. The predicted molar refractivity (Wildman–Crippen MR) is 60.4 cm³/mol. The highest BCUT2D eigenvalue weighted by atomic mass is 16.3. The molecule has 0 radical (unpaired) electrons. The van der Waals surface area contributed by atoms with Gasteiger partial charge in [0.25, 0.3) is 0 Å². The van der Waals surface area contributed by atoms with E-state index in [0.717, 1.165) is 18.4 Å². The lowest BCUT2D eigenvalue weighted by Crippen LogP contribution is -1.98. The van der Waals surface area contributed by atoms with Crippen LogP contribution in [0.15, 0.2) is 24.3 Å². The zero-order valence-corrected chi connectivity index (χ0v) is 9.33. The van der Waals surface area contributed by atoms with E-state index < -0.39 is 0 Å². The minimum absolute atomic E-state index is 0.293. The molecule has 1 heteroatoms. The third-order valence-electron chi connectivity index (χ3n) is 2.52. The summed E-state index contributed by atoms with van der Waals surface area (Å²) in [4.78, 5) is 0. The standard InChI is InChI=1S/C13H20O/c1-4-6-13(14)12-8-5-7-11(9-12)10(2)3/h5,7-10,13-14H,4,6H2,1-3H3/t13-/m1/s1. The molecule has 1 aromatic carbocycles. The Kier molecular flexibility index (Phi) is 4.15. The lowest BCUT2D eigenvalue weighted by atomic mass is 9.97. The lowest BCUT2D eigenvalue weighted by molar-refractivity contribution is 0.166. The molecule has 1 rings (SSSR count). The molecule has 78 valence electrons. The number of aliphatic hydroxyl groups excluding tert-OH is 1. The van der Waals surface area contributed by atoms with Gasteiger partial charge < -0.3 is 5.11 Å². The van der Waals surface area contributed by atoms with Gasteiger partial charge in [0.05, 0.1) is 6.10 Å². The van der Waals surface area contributed by atoms with E-state index in [1.165, 1.54) is 5.56 Å². The van der Waals surface area contributed by atoms with Crippen LogP contribution in [0.2, 0.25) is 0 Å². The Morgan fingerprint density at radius 3 is 2.43 bits per heavy atom. The van der Waals surface area contributed by atoms with Gasteiger partial charge in [0, 0.05) is 0 Å². The van der Waals surface area contributed by atoms with Crippen LogP contribution in [0.1, 0.15) is 56.8 Å². The monoisotopic (exact) mass is 192 g/mol. The fourth-order valence-electron chi connectivity index (χ4n) is 1.57. The van der Waals surface area contributed by atoms with E-state index in [1.54, 1.807) is 0 Å². The summed E-state index contributed by atoms with van der Waals surface area (Å²) in [7, 11) is 0.